The minimum absolute atomic E-state index is 0.403. The van der Waals surface area contributed by atoms with Crippen LogP contribution in [0.2, 0.25) is 5.02 Å². The second-order valence-electron chi connectivity index (χ2n) is 6.38. The first-order valence-electron chi connectivity index (χ1n) is 9.55. The zero-order chi connectivity index (χ0) is 19.5. The van der Waals surface area contributed by atoms with Gasteiger partial charge in [0.2, 0.25) is 0 Å². The van der Waals surface area contributed by atoms with Crippen molar-refractivity contribution in [1.82, 2.24) is 0 Å². The molecule has 4 nitrogen and oxygen atoms in total. The molecule has 0 saturated heterocycles. The van der Waals surface area contributed by atoms with E-state index in [1.165, 1.54) is 0 Å². The Hall–Kier alpha value is -1.32. The van der Waals surface area contributed by atoms with Gasteiger partial charge in [0.1, 0.15) is 0 Å². The molecule has 1 N–H and O–H groups in total. The summed E-state index contributed by atoms with van der Waals surface area (Å²) in [5.74, 6) is -0.606. The van der Waals surface area contributed by atoms with Gasteiger partial charge in [0, 0.05) is 10.7 Å². The van der Waals surface area contributed by atoms with Crippen molar-refractivity contribution in [2.24, 2.45) is 0 Å². The van der Waals surface area contributed by atoms with E-state index in [9.17, 15) is 4.57 Å². The van der Waals surface area contributed by atoms with Crippen molar-refractivity contribution in [3.05, 3.63) is 65.2 Å². The summed E-state index contributed by atoms with van der Waals surface area (Å²) in [5, 5.41) is 3.98. The highest BCUT2D eigenvalue weighted by Gasteiger charge is 2.37. The predicted octanol–water partition coefficient (Wildman–Crippen LogP) is 7.28. The SMILES string of the molecule is CCCCOP(=O)(OCCCC)C(Nc1ccccc1)c1ccc(Cl)cc1. The van der Waals surface area contributed by atoms with E-state index in [4.69, 9.17) is 20.6 Å². The van der Waals surface area contributed by atoms with Gasteiger partial charge >= 0.3 is 7.60 Å². The summed E-state index contributed by atoms with van der Waals surface area (Å²) in [6, 6.07) is 17.0. The fraction of sp³-hybridized carbons (Fsp3) is 0.429. The third-order valence-corrected chi connectivity index (χ3v) is 6.51. The van der Waals surface area contributed by atoms with Gasteiger partial charge in [-0.15, -0.1) is 0 Å². The minimum Gasteiger partial charge on any atom is -0.368 e. The Morgan fingerprint density at radius 3 is 2.00 bits per heavy atom. The minimum atomic E-state index is -3.45. The Kier molecular flexibility index (Phi) is 9.36. The van der Waals surface area contributed by atoms with E-state index in [1.807, 2.05) is 42.5 Å². The van der Waals surface area contributed by atoms with Crippen LogP contribution in [0.15, 0.2) is 54.6 Å². The van der Waals surface area contributed by atoms with E-state index < -0.39 is 13.4 Å². The van der Waals surface area contributed by atoms with Crippen LogP contribution in [0.25, 0.3) is 0 Å². The Bertz CT molecular complexity index is 695. The van der Waals surface area contributed by atoms with Gasteiger partial charge in [-0.25, -0.2) is 0 Å². The number of unbranched alkanes of at least 4 members (excludes halogenated alkanes) is 2. The molecule has 27 heavy (non-hydrogen) atoms. The highest BCUT2D eigenvalue weighted by molar-refractivity contribution is 7.54. The number of rotatable bonds is 12. The molecule has 1 atom stereocenters. The second kappa shape index (κ2) is 11.5. The molecule has 0 aliphatic carbocycles. The molecule has 148 valence electrons. The van der Waals surface area contributed by atoms with Gasteiger partial charge in [-0.05, 0) is 42.7 Å². The Balaban J connectivity index is 2.34. The summed E-state index contributed by atoms with van der Waals surface area (Å²) >= 11 is 6.04. The Morgan fingerprint density at radius 2 is 1.48 bits per heavy atom. The van der Waals surface area contributed by atoms with Crippen LogP contribution in [0.1, 0.15) is 50.9 Å². The van der Waals surface area contributed by atoms with Gasteiger partial charge in [0.15, 0.2) is 5.78 Å². The van der Waals surface area contributed by atoms with Crippen molar-refractivity contribution in [3.63, 3.8) is 0 Å². The number of hydrogen-bond donors (Lipinski definition) is 1. The summed E-state index contributed by atoms with van der Waals surface area (Å²) in [5.41, 5.74) is 1.68. The average Bonchev–Trinajstić information content (AvgIpc) is 2.68. The molecule has 2 rings (SSSR count). The summed E-state index contributed by atoms with van der Waals surface area (Å²) in [7, 11) is -3.45. The molecular weight excluding hydrogens is 381 g/mol. The maximum atomic E-state index is 13.8. The molecule has 0 saturated carbocycles. The summed E-state index contributed by atoms with van der Waals surface area (Å²) < 4.78 is 25.6. The molecule has 0 radical (unpaired) electrons. The molecule has 0 amide bonds. The van der Waals surface area contributed by atoms with E-state index in [0.29, 0.717) is 18.2 Å². The summed E-state index contributed by atoms with van der Waals surface area (Å²) in [6.45, 7) is 4.96. The Morgan fingerprint density at radius 1 is 0.926 bits per heavy atom. The smallest absolute Gasteiger partial charge is 0.357 e. The van der Waals surface area contributed by atoms with Crippen LogP contribution in [0.3, 0.4) is 0 Å². The maximum Gasteiger partial charge on any atom is 0.357 e. The van der Waals surface area contributed by atoms with Crippen LogP contribution < -0.4 is 5.32 Å². The van der Waals surface area contributed by atoms with Crippen molar-refractivity contribution in [2.45, 2.75) is 45.3 Å². The van der Waals surface area contributed by atoms with Gasteiger partial charge in [0.05, 0.1) is 13.2 Å². The fourth-order valence-electron chi connectivity index (χ4n) is 2.54. The fourth-order valence-corrected chi connectivity index (χ4v) is 4.65. The number of hydrogen-bond acceptors (Lipinski definition) is 4. The van der Waals surface area contributed by atoms with Crippen LogP contribution >= 0.6 is 19.2 Å². The van der Waals surface area contributed by atoms with Gasteiger partial charge in [-0.2, -0.15) is 0 Å². The largest absolute Gasteiger partial charge is 0.368 e. The molecule has 0 fully saturated rings. The topological polar surface area (TPSA) is 47.6 Å². The lowest BCUT2D eigenvalue weighted by Crippen LogP contribution is -2.16. The van der Waals surface area contributed by atoms with Gasteiger partial charge < -0.3 is 14.4 Å². The first-order valence-corrected chi connectivity index (χ1v) is 11.5. The van der Waals surface area contributed by atoms with Crippen molar-refractivity contribution in [3.8, 4) is 0 Å². The van der Waals surface area contributed by atoms with Gasteiger partial charge in [0.25, 0.3) is 0 Å². The molecule has 0 heterocycles. The summed E-state index contributed by atoms with van der Waals surface area (Å²) in [6.07, 6.45) is 3.60. The standard InChI is InChI=1S/C21H29ClNO3P/c1-3-5-16-25-27(24,26-17-6-4-2)21(18-12-14-19(22)15-13-18)23-20-10-8-7-9-11-20/h7-15,21,23H,3-6,16-17H2,1-2H3. The van der Waals surface area contributed by atoms with Crippen molar-refractivity contribution < 1.29 is 13.6 Å². The number of halogens is 1. The van der Waals surface area contributed by atoms with E-state index in [0.717, 1.165) is 36.9 Å². The first kappa shape index (κ1) is 22.0. The molecule has 0 spiro atoms. The number of nitrogens with one attached hydrogen (secondary N) is 1. The van der Waals surface area contributed by atoms with Crippen molar-refractivity contribution >= 4 is 24.9 Å². The molecule has 0 aliphatic rings. The molecule has 0 aromatic heterocycles. The van der Waals surface area contributed by atoms with Crippen LogP contribution in [-0.4, -0.2) is 13.2 Å². The Labute approximate surface area is 167 Å². The van der Waals surface area contributed by atoms with E-state index in [-0.39, 0.29) is 0 Å². The third-order valence-electron chi connectivity index (χ3n) is 4.12. The molecular formula is C21H29ClNO3P. The molecule has 2 aromatic rings. The van der Waals surface area contributed by atoms with E-state index in [1.54, 1.807) is 12.1 Å². The lowest BCUT2D eigenvalue weighted by Gasteiger charge is -2.29. The van der Waals surface area contributed by atoms with Crippen LogP contribution in [0.4, 0.5) is 5.69 Å². The highest BCUT2D eigenvalue weighted by Crippen LogP contribution is 2.61. The highest BCUT2D eigenvalue weighted by atomic mass is 35.5. The zero-order valence-electron chi connectivity index (χ0n) is 16.1. The number of benzene rings is 2. The van der Waals surface area contributed by atoms with E-state index in [2.05, 4.69) is 19.2 Å². The lowest BCUT2D eigenvalue weighted by molar-refractivity contribution is 0.194. The zero-order valence-corrected chi connectivity index (χ0v) is 17.7. The van der Waals surface area contributed by atoms with Gasteiger partial charge in [-0.3, -0.25) is 4.57 Å². The quantitative estimate of drug-likeness (QED) is 0.295. The summed E-state index contributed by atoms with van der Waals surface area (Å²) in [4.78, 5) is 0. The monoisotopic (exact) mass is 409 g/mol. The van der Waals surface area contributed by atoms with Crippen LogP contribution in [-0.2, 0) is 13.6 Å². The van der Waals surface area contributed by atoms with E-state index >= 15 is 0 Å². The normalized spacial score (nSPS) is 12.7. The second-order valence-corrected chi connectivity index (χ2v) is 8.93. The predicted molar refractivity (Wildman–Crippen MR) is 114 cm³/mol. The number of anilines is 1. The van der Waals surface area contributed by atoms with Crippen LogP contribution in [0.5, 0.6) is 0 Å². The maximum absolute atomic E-state index is 13.8. The molecule has 0 aliphatic heterocycles. The lowest BCUT2D eigenvalue weighted by atomic mass is 10.2. The number of para-hydroxylation sites is 1. The molecule has 0 bridgehead atoms. The molecule has 1 unspecified atom stereocenters. The van der Waals surface area contributed by atoms with Gasteiger partial charge in [-0.1, -0.05) is 68.6 Å². The van der Waals surface area contributed by atoms with Crippen LogP contribution in [0, 0.1) is 0 Å². The van der Waals surface area contributed by atoms with Crippen molar-refractivity contribution in [1.29, 1.82) is 0 Å². The molecule has 6 heteroatoms. The third kappa shape index (κ3) is 6.97. The first-order chi connectivity index (χ1) is 13.1. The molecule has 2 aromatic carbocycles. The average molecular weight is 410 g/mol. The van der Waals surface area contributed by atoms with Crippen molar-refractivity contribution in [2.75, 3.05) is 18.5 Å².